The number of para-hydroxylation sites is 1. The smallest absolute Gasteiger partial charge is 0.315 e. The topological polar surface area (TPSA) is 97.2 Å². The molecule has 4 aromatic carbocycles. The summed E-state index contributed by atoms with van der Waals surface area (Å²) in [7, 11) is 0. The van der Waals surface area contributed by atoms with Crippen LogP contribution >= 0.6 is 0 Å². The van der Waals surface area contributed by atoms with Gasteiger partial charge < -0.3 is 14.6 Å². The number of nitrogens with one attached hydrogen (secondary N) is 1. The molecule has 0 bridgehead atoms. The Morgan fingerprint density at radius 2 is 1.33 bits per heavy atom. The lowest BCUT2D eigenvalue weighted by Gasteiger charge is -2.45. The van der Waals surface area contributed by atoms with Gasteiger partial charge in [-0.2, -0.15) is 5.10 Å². The van der Waals surface area contributed by atoms with Crippen LogP contribution in [0.3, 0.4) is 0 Å². The molecule has 0 radical (unpaired) electrons. The molecular formula is C35H33FN2O5. The van der Waals surface area contributed by atoms with E-state index >= 15 is 0 Å². The van der Waals surface area contributed by atoms with Crippen molar-refractivity contribution in [1.29, 1.82) is 0 Å². The molecule has 0 spiro atoms. The van der Waals surface area contributed by atoms with Gasteiger partial charge in [-0.3, -0.25) is 15.0 Å². The van der Waals surface area contributed by atoms with Crippen molar-refractivity contribution in [2.75, 3.05) is 5.43 Å². The SMILES string of the molecule is CC1(O)CC(=NNc2ccccc2)C(C(=O)OCc2ccccc2)C(c2ccc(F)cc2)C1C(=O)OCc1ccccc1. The third-order valence-corrected chi connectivity index (χ3v) is 7.60. The molecule has 1 saturated carbocycles. The van der Waals surface area contributed by atoms with Gasteiger partial charge in [0.1, 0.15) is 24.9 Å². The highest BCUT2D eigenvalue weighted by Gasteiger charge is 2.56. The number of hydrogen-bond acceptors (Lipinski definition) is 7. The quantitative estimate of drug-likeness (QED) is 0.179. The number of carbonyl (C=O) groups is 2. The summed E-state index contributed by atoms with van der Waals surface area (Å²) in [6.07, 6.45) is -0.110. The van der Waals surface area contributed by atoms with Gasteiger partial charge in [0.2, 0.25) is 0 Å². The van der Waals surface area contributed by atoms with Crippen molar-refractivity contribution < 1.29 is 28.6 Å². The number of esters is 2. The standard InChI is InChI=1S/C35H33FN2O5/c1-35(41)21-29(38-37-28-15-9-4-10-16-28)31(33(39)42-22-24-11-5-2-6-12-24)30(26-17-19-27(36)20-18-26)32(35)34(40)43-23-25-13-7-3-8-14-25/h2-20,30-32,37,41H,21-23H2,1H3. The van der Waals surface area contributed by atoms with E-state index in [-0.39, 0.29) is 19.6 Å². The number of ether oxygens (including phenoxy) is 2. The minimum atomic E-state index is -1.67. The number of halogens is 1. The van der Waals surface area contributed by atoms with Crippen LogP contribution in [0.5, 0.6) is 0 Å². The molecule has 1 fully saturated rings. The molecular weight excluding hydrogens is 547 g/mol. The third-order valence-electron chi connectivity index (χ3n) is 7.60. The second-order valence-corrected chi connectivity index (χ2v) is 10.8. The summed E-state index contributed by atoms with van der Waals surface area (Å²) in [5, 5.41) is 16.4. The number of carbonyl (C=O) groups excluding carboxylic acids is 2. The number of benzene rings is 4. The number of hydrazone groups is 1. The predicted octanol–water partition coefficient (Wildman–Crippen LogP) is 6.25. The van der Waals surface area contributed by atoms with Crippen molar-refractivity contribution in [2.24, 2.45) is 16.9 Å². The fourth-order valence-corrected chi connectivity index (χ4v) is 5.52. The van der Waals surface area contributed by atoms with Crippen LogP contribution in [0.15, 0.2) is 120 Å². The molecule has 0 aromatic heterocycles. The molecule has 4 unspecified atom stereocenters. The average molecular weight is 581 g/mol. The number of nitrogens with zero attached hydrogens (tertiary/aromatic N) is 1. The molecule has 4 aromatic rings. The van der Waals surface area contributed by atoms with Gasteiger partial charge in [0.25, 0.3) is 0 Å². The first-order chi connectivity index (χ1) is 20.8. The molecule has 1 aliphatic rings. The monoisotopic (exact) mass is 580 g/mol. The van der Waals surface area contributed by atoms with Crippen LogP contribution in [0.25, 0.3) is 0 Å². The van der Waals surface area contributed by atoms with E-state index in [9.17, 15) is 19.1 Å². The number of hydrogen-bond donors (Lipinski definition) is 2. The predicted molar refractivity (Wildman–Crippen MR) is 161 cm³/mol. The summed E-state index contributed by atoms with van der Waals surface area (Å²) in [6, 6.07) is 33.1. The molecule has 2 N–H and O–H groups in total. The Hall–Kier alpha value is -4.82. The Balaban J connectivity index is 1.54. The maximum atomic E-state index is 14.1. The highest BCUT2D eigenvalue weighted by atomic mass is 19.1. The summed E-state index contributed by atoms with van der Waals surface area (Å²) in [5.74, 6) is -5.02. The van der Waals surface area contributed by atoms with Crippen LogP contribution in [0.4, 0.5) is 10.1 Å². The molecule has 8 heteroatoms. The van der Waals surface area contributed by atoms with E-state index in [2.05, 4.69) is 10.5 Å². The first-order valence-corrected chi connectivity index (χ1v) is 14.1. The minimum Gasteiger partial charge on any atom is -0.461 e. The van der Waals surface area contributed by atoms with Gasteiger partial charge in [-0.1, -0.05) is 91.0 Å². The first-order valence-electron chi connectivity index (χ1n) is 14.1. The highest BCUT2D eigenvalue weighted by molar-refractivity contribution is 6.06. The van der Waals surface area contributed by atoms with E-state index in [1.807, 2.05) is 91.0 Å². The van der Waals surface area contributed by atoms with Crippen molar-refractivity contribution in [3.8, 4) is 0 Å². The Bertz CT molecular complexity index is 1540. The minimum absolute atomic E-state index is 0.00518. The van der Waals surface area contributed by atoms with Crippen LogP contribution in [0.2, 0.25) is 0 Å². The van der Waals surface area contributed by atoms with E-state index in [4.69, 9.17) is 9.47 Å². The van der Waals surface area contributed by atoms with E-state index in [1.165, 1.54) is 31.2 Å². The van der Waals surface area contributed by atoms with Crippen molar-refractivity contribution in [1.82, 2.24) is 0 Å². The summed E-state index contributed by atoms with van der Waals surface area (Å²) in [5.41, 5.74) is 4.32. The lowest BCUT2D eigenvalue weighted by molar-refractivity contribution is -0.165. The van der Waals surface area contributed by atoms with Gasteiger partial charge in [-0.05, 0) is 47.9 Å². The zero-order valence-electron chi connectivity index (χ0n) is 23.7. The first kappa shape index (κ1) is 29.7. The Morgan fingerprint density at radius 1 is 0.814 bits per heavy atom. The van der Waals surface area contributed by atoms with Crippen LogP contribution in [-0.2, 0) is 32.3 Å². The lowest BCUT2D eigenvalue weighted by Crippen LogP contribution is -2.55. The van der Waals surface area contributed by atoms with E-state index in [0.717, 1.165) is 11.1 Å². The number of aliphatic hydroxyl groups is 1. The van der Waals surface area contributed by atoms with Gasteiger partial charge in [0, 0.05) is 12.3 Å². The summed E-state index contributed by atoms with van der Waals surface area (Å²) in [4.78, 5) is 27.8. The maximum absolute atomic E-state index is 14.1. The normalized spacial score (nSPS) is 22.5. The molecule has 0 aliphatic heterocycles. The van der Waals surface area contributed by atoms with Gasteiger partial charge in [0.05, 0.1) is 22.9 Å². The molecule has 0 saturated heterocycles. The van der Waals surface area contributed by atoms with Crippen LogP contribution in [-0.4, -0.2) is 28.4 Å². The van der Waals surface area contributed by atoms with E-state index in [1.54, 1.807) is 0 Å². The lowest BCUT2D eigenvalue weighted by atomic mass is 9.61. The molecule has 1 aliphatic carbocycles. The number of anilines is 1. The molecule has 220 valence electrons. The van der Waals surface area contributed by atoms with Crippen molar-refractivity contribution in [3.63, 3.8) is 0 Å². The largest absolute Gasteiger partial charge is 0.461 e. The van der Waals surface area contributed by atoms with E-state index < -0.39 is 41.1 Å². The third kappa shape index (κ3) is 7.34. The molecule has 5 rings (SSSR count). The Labute approximate surface area is 250 Å². The maximum Gasteiger partial charge on any atom is 0.315 e. The zero-order chi connectivity index (χ0) is 30.2. The summed E-state index contributed by atoms with van der Waals surface area (Å²) >= 11 is 0. The van der Waals surface area contributed by atoms with Gasteiger partial charge >= 0.3 is 11.9 Å². The molecule has 0 heterocycles. The van der Waals surface area contributed by atoms with Gasteiger partial charge in [0.15, 0.2) is 0 Å². The Morgan fingerprint density at radius 3 is 1.88 bits per heavy atom. The fraction of sp³-hybridized carbons (Fsp3) is 0.229. The molecule has 43 heavy (non-hydrogen) atoms. The zero-order valence-corrected chi connectivity index (χ0v) is 23.7. The molecule has 0 amide bonds. The van der Waals surface area contributed by atoms with Crippen molar-refractivity contribution in [3.05, 3.63) is 138 Å². The van der Waals surface area contributed by atoms with Gasteiger partial charge in [-0.15, -0.1) is 0 Å². The van der Waals surface area contributed by atoms with Crippen molar-refractivity contribution >= 4 is 23.3 Å². The van der Waals surface area contributed by atoms with Crippen LogP contribution in [0.1, 0.15) is 36.0 Å². The van der Waals surface area contributed by atoms with E-state index in [0.29, 0.717) is 17.0 Å². The average Bonchev–Trinajstić information content (AvgIpc) is 3.02. The molecule has 4 atom stereocenters. The van der Waals surface area contributed by atoms with Gasteiger partial charge in [-0.25, -0.2) is 4.39 Å². The Kier molecular flexibility index (Phi) is 9.27. The highest BCUT2D eigenvalue weighted by Crippen LogP contribution is 2.47. The number of rotatable bonds is 9. The summed E-state index contributed by atoms with van der Waals surface area (Å²) < 4.78 is 25.6. The second-order valence-electron chi connectivity index (χ2n) is 10.8. The van der Waals surface area contributed by atoms with Crippen molar-refractivity contribution in [2.45, 2.75) is 38.1 Å². The van der Waals surface area contributed by atoms with Crippen LogP contribution in [0, 0.1) is 17.7 Å². The second kappa shape index (κ2) is 13.4. The van der Waals surface area contributed by atoms with Crippen LogP contribution < -0.4 is 5.43 Å². The fourth-order valence-electron chi connectivity index (χ4n) is 5.52. The summed E-state index contributed by atoms with van der Waals surface area (Å²) in [6.45, 7) is 1.52. The molecule has 7 nitrogen and oxygen atoms in total.